The molecule has 0 radical (unpaired) electrons. The van der Waals surface area contributed by atoms with Crippen LogP contribution in [0.5, 0.6) is 0 Å². The Labute approximate surface area is 124 Å². The van der Waals surface area contributed by atoms with Gasteiger partial charge in [-0.05, 0) is 19.1 Å². The summed E-state index contributed by atoms with van der Waals surface area (Å²) in [5, 5.41) is 7.64. The molecule has 0 amide bonds. The lowest BCUT2D eigenvalue weighted by Gasteiger charge is -2.27. The molecule has 1 fully saturated rings. The highest BCUT2D eigenvalue weighted by Gasteiger charge is 2.12. The van der Waals surface area contributed by atoms with E-state index in [1.807, 2.05) is 30.3 Å². The van der Waals surface area contributed by atoms with Crippen molar-refractivity contribution in [1.29, 1.82) is 0 Å². The largest absolute Gasteiger partial charge is 0.378 e. The number of rotatable bonds is 4. The van der Waals surface area contributed by atoms with Gasteiger partial charge in [0.05, 0.1) is 37.3 Å². The van der Waals surface area contributed by atoms with E-state index in [1.165, 1.54) is 0 Å². The van der Waals surface area contributed by atoms with Gasteiger partial charge in [-0.2, -0.15) is 5.10 Å². The first kappa shape index (κ1) is 13.9. The highest BCUT2D eigenvalue weighted by molar-refractivity contribution is 5.49. The molecule has 6 nitrogen and oxygen atoms in total. The Morgan fingerprint density at radius 1 is 1.24 bits per heavy atom. The maximum Gasteiger partial charge on any atom is 0.128 e. The summed E-state index contributed by atoms with van der Waals surface area (Å²) in [7, 11) is 1.93. The van der Waals surface area contributed by atoms with Gasteiger partial charge in [0.15, 0.2) is 0 Å². The molecule has 1 N–H and O–H groups in total. The van der Waals surface area contributed by atoms with E-state index in [9.17, 15) is 0 Å². The van der Waals surface area contributed by atoms with Crippen LogP contribution in [0.3, 0.4) is 0 Å². The number of hydrogen-bond acceptors (Lipinski definition) is 5. The zero-order chi connectivity index (χ0) is 14.7. The van der Waals surface area contributed by atoms with Crippen LogP contribution in [0.25, 0.3) is 0 Å². The Kier molecular flexibility index (Phi) is 4.06. The van der Waals surface area contributed by atoms with Crippen LogP contribution in [-0.4, -0.2) is 41.1 Å². The molecule has 1 aliphatic heterocycles. The molecule has 1 aliphatic rings. The molecule has 3 heterocycles. The van der Waals surface area contributed by atoms with Crippen molar-refractivity contribution in [3.8, 4) is 0 Å². The molecular weight excluding hydrogens is 266 g/mol. The van der Waals surface area contributed by atoms with Gasteiger partial charge in [0.1, 0.15) is 5.82 Å². The molecule has 0 spiro atoms. The van der Waals surface area contributed by atoms with E-state index in [0.29, 0.717) is 0 Å². The maximum atomic E-state index is 5.36. The summed E-state index contributed by atoms with van der Waals surface area (Å²) >= 11 is 0. The van der Waals surface area contributed by atoms with Crippen molar-refractivity contribution in [1.82, 2.24) is 14.8 Å². The fraction of sp³-hybridized carbons (Fsp3) is 0.467. The summed E-state index contributed by atoms with van der Waals surface area (Å²) in [6, 6.07) is 4.34. The average Bonchev–Trinajstić information content (AvgIpc) is 2.96. The maximum absolute atomic E-state index is 5.36. The summed E-state index contributed by atoms with van der Waals surface area (Å²) in [5.41, 5.74) is 2.18. The van der Waals surface area contributed by atoms with Crippen LogP contribution >= 0.6 is 0 Å². The van der Waals surface area contributed by atoms with E-state index in [2.05, 4.69) is 39.4 Å². The molecule has 112 valence electrons. The summed E-state index contributed by atoms with van der Waals surface area (Å²) in [5.74, 6) is 1.01. The first-order valence-electron chi connectivity index (χ1n) is 7.26. The number of anilines is 2. The molecule has 2 aromatic rings. The smallest absolute Gasteiger partial charge is 0.128 e. The molecule has 1 unspecified atom stereocenters. The molecule has 1 atom stereocenters. The molecule has 0 aliphatic carbocycles. The standard InChI is InChI=1S/C15H21N5O/c1-12(13-9-17-19(2)11-13)18-14-3-4-15(16-10-14)20-5-7-21-8-6-20/h3-4,9-12,18H,5-8H2,1-2H3. The van der Waals surface area contributed by atoms with E-state index >= 15 is 0 Å². The number of nitrogens with zero attached hydrogens (tertiary/aromatic N) is 4. The van der Waals surface area contributed by atoms with Crippen LogP contribution in [0.4, 0.5) is 11.5 Å². The molecule has 2 aromatic heterocycles. The van der Waals surface area contributed by atoms with Crippen LogP contribution in [0.15, 0.2) is 30.7 Å². The third kappa shape index (κ3) is 3.33. The Bertz CT molecular complexity index is 574. The fourth-order valence-corrected chi connectivity index (χ4v) is 2.45. The summed E-state index contributed by atoms with van der Waals surface area (Å²) in [6.07, 6.45) is 5.79. The molecular formula is C15H21N5O. The Hall–Kier alpha value is -2.08. The normalized spacial score (nSPS) is 16.8. The lowest BCUT2D eigenvalue weighted by atomic mass is 10.2. The van der Waals surface area contributed by atoms with Gasteiger partial charge in [0.25, 0.3) is 0 Å². The van der Waals surface area contributed by atoms with Crippen molar-refractivity contribution in [3.05, 3.63) is 36.3 Å². The van der Waals surface area contributed by atoms with Crippen molar-refractivity contribution in [3.63, 3.8) is 0 Å². The third-order valence-corrected chi connectivity index (χ3v) is 3.69. The van der Waals surface area contributed by atoms with Gasteiger partial charge in [-0.3, -0.25) is 4.68 Å². The molecule has 6 heteroatoms. The van der Waals surface area contributed by atoms with E-state index in [0.717, 1.165) is 43.4 Å². The van der Waals surface area contributed by atoms with Gasteiger partial charge >= 0.3 is 0 Å². The highest BCUT2D eigenvalue weighted by atomic mass is 16.5. The van der Waals surface area contributed by atoms with E-state index in [1.54, 1.807) is 0 Å². The molecule has 0 bridgehead atoms. The lowest BCUT2D eigenvalue weighted by molar-refractivity contribution is 0.122. The van der Waals surface area contributed by atoms with Crippen molar-refractivity contribution in [2.24, 2.45) is 7.05 Å². The molecule has 0 saturated carbocycles. The minimum atomic E-state index is 0.203. The zero-order valence-electron chi connectivity index (χ0n) is 12.5. The topological polar surface area (TPSA) is 55.2 Å². The molecule has 3 rings (SSSR count). The first-order chi connectivity index (χ1) is 10.2. The van der Waals surface area contributed by atoms with Crippen LogP contribution in [-0.2, 0) is 11.8 Å². The SMILES string of the molecule is CC(Nc1ccc(N2CCOCC2)nc1)c1cnn(C)c1. The van der Waals surface area contributed by atoms with Crippen molar-refractivity contribution in [2.45, 2.75) is 13.0 Å². The fourth-order valence-electron chi connectivity index (χ4n) is 2.45. The van der Waals surface area contributed by atoms with Crippen molar-refractivity contribution in [2.75, 3.05) is 36.5 Å². The Morgan fingerprint density at radius 2 is 2.05 bits per heavy atom. The lowest BCUT2D eigenvalue weighted by Crippen LogP contribution is -2.36. The molecule has 1 saturated heterocycles. The van der Waals surface area contributed by atoms with Crippen molar-refractivity contribution >= 4 is 11.5 Å². The van der Waals surface area contributed by atoms with Crippen LogP contribution in [0.2, 0.25) is 0 Å². The minimum Gasteiger partial charge on any atom is -0.378 e. The molecule has 21 heavy (non-hydrogen) atoms. The summed E-state index contributed by atoms with van der Waals surface area (Å²) in [6.45, 7) is 5.49. The van der Waals surface area contributed by atoms with Gasteiger partial charge in [-0.15, -0.1) is 0 Å². The average molecular weight is 287 g/mol. The minimum absolute atomic E-state index is 0.203. The predicted molar refractivity (Wildman–Crippen MR) is 82.5 cm³/mol. The van der Waals surface area contributed by atoms with E-state index in [-0.39, 0.29) is 6.04 Å². The monoisotopic (exact) mass is 287 g/mol. The molecule has 0 aromatic carbocycles. The van der Waals surface area contributed by atoms with Crippen LogP contribution in [0.1, 0.15) is 18.5 Å². The quantitative estimate of drug-likeness (QED) is 0.929. The summed E-state index contributed by atoms with van der Waals surface area (Å²) in [4.78, 5) is 6.79. The van der Waals surface area contributed by atoms with Gasteiger partial charge in [-0.1, -0.05) is 0 Å². The first-order valence-corrected chi connectivity index (χ1v) is 7.26. The van der Waals surface area contributed by atoms with E-state index in [4.69, 9.17) is 4.74 Å². The number of nitrogens with one attached hydrogen (secondary N) is 1. The van der Waals surface area contributed by atoms with Gasteiger partial charge in [0.2, 0.25) is 0 Å². The number of aromatic nitrogens is 3. The Morgan fingerprint density at radius 3 is 2.67 bits per heavy atom. The van der Waals surface area contributed by atoms with E-state index < -0.39 is 0 Å². The van der Waals surface area contributed by atoms with Gasteiger partial charge in [-0.25, -0.2) is 4.98 Å². The number of pyridine rings is 1. The Balaban J connectivity index is 1.63. The van der Waals surface area contributed by atoms with Crippen LogP contribution < -0.4 is 10.2 Å². The number of morpholine rings is 1. The van der Waals surface area contributed by atoms with Crippen molar-refractivity contribution < 1.29 is 4.74 Å². The second-order valence-electron chi connectivity index (χ2n) is 5.32. The third-order valence-electron chi connectivity index (χ3n) is 3.69. The number of aryl methyl sites for hydroxylation is 1. The second kappa shape index (κ2) is 6.13. The second-order valence-corrected chi connectivity index (χ2v) is 5.32. The number of hydrogen-bond donors (Lipinski definition) is 1. The highest BCUT2D eigenvalue weighted by Crippen LogP contribution is 2.20. The predicted octanol–water partition coefficient (Wildman–Crippen LogP) is 1.82. The van der Waals surface area contributed by atoms with Crippen LogP contribution in [0, 0.1) is 0 Å². The van der Waals surface area contributed by atoms with Gasteiger partial charge < -0.3 is 15.0 Å². The van der Waals surface area contributed by atoms with Gasteiger partial charge in [0, 0.05) is 31.9 Å². The zero-order valence-corrected chi connectivity index (χ0v) is 12.5. The number of ether oxygens (including phenoxy) is 1. The summed E-state index contributed by atoms with van der Waals surface area (Å²) < 4.78 is 7.17.